The van der Waals surface area contributed by atoms with Gasteiger partial charge in [0.15, 0.2) is 11.5 Å². The summed E-state index contributed by atoms with van der Waals surface area (Å²) in [4.78, 5) is 14.6. The molecule has 3 rings (SSSR count). The lowest BCUT2D eigenvalue weighted by Gasteiger charge is -2.14. The van der Waals surface area contributed by atoms with Crippen molar-refractivity contribution < 1.29 is 19.0 Å². The number of aryl methyl sites for hydroxylation is 2. The van der Waals surface area contributed by atoms with Crippen LogP contribution in [0.2, 0.25) is 0 Å². The van der Waals surface area contributed by atoms with Crippen molar-refractivity contribution in [3.63, 3.8) is 0 Å². The van der Waals surface area contributed by atoms with Crippen LogP contribution in [0.4, 0.5) is 0 Å². The van der Waals surface area contributed by atoms with Crippen molar-refractivity contribution in [3.05, 3.63) is 39.1 Å². The van der Waals surface area contributed by atoms with Gasteiger partial charge in [0.1, 0.15) is 0 Å². The highest BCUT2D eigenvalue weighted by Crippen LogP contribution is 2.38. The summed E-state index contributed by atoms with van der Waals surface area (Å²) in [6.45, 7) is 0.401. The molecule has 134 valence electrons. The molecule has 1 amide bonds. The molecule has 0 bridgehead atoms. The molecule has 1 aromatic carbocycles. The third-order valence-corrected chi connectivity index (χ3v) is 5.63. The standard InChI is InChI=1S/C19H23NO4S/c1-22-14-8-12(9-15(23-2)18(14)24-3)11-20-19(21)17-10-13-6-4-5-7-16(13)25-17/h8-10H,4-7,11H2,1-3H3,(H,20,21). The summed E-state index contributed by atoms with van der Waals surface area (Å²) in [5.74, 6) is 1.68. The van der Waals surface area contributed by atoms with E-state index in [1.165, 1.54) is 23.3 Å². The van der Waals surface area contributed by atoms with Crippen LogP contribution in [0.15, 0.2) is 18.2 Å². The molecule has 0 fully saturated rings. The van der Waals surface area contributed by atoms with E-state index in [4.69, 9.17) is 14.2 Å². The van der Waals surface area contributed by atoms with E-state index in [9.17, 15) is 4.79 Å². The fraction of sp³-hybridized carbons (Fsp3) is 0.421. The quantitative estimate of drug-likeness (QED) is 0.854. The number of thiophene rings is 1. The van der Waals surface area contributed by atoms with Gasteiger partial charge in [-0.15, -0.1) is 11.3 Å². The Balaban J connectivity index is 1.72. The van der Waals surface area contributed by atoms with Gasteiger partial charge in [-0.05, 0) is 55.0 Å². The zero-order chi connectivity index (χ0) is 17.8. The minimum absolute atomic E-state index is 0.0341. The average Bonchev–Trinajstić information content (AvgIpc) is 3.09. The Morgan fingerprint density at radius 1 is 1.04 bits per heavy atom. The molecule has 0 unspecified atom stereocenters. The minimum Gasteiger partial charge on any atom is -0.493 e. The van der Waals surface area contributed by atoms with Crippen LogP contribution in [0, 0.1) is 0 Å². The van der Waals surface area contributed by atoms with Crippen LogP contribution < -0.4 is 19.5 Å². The number of nitrogens with one attached hydrogen (secondary N) is 1. The second-order valence-electron chi connectivity index (χ2n) is 5.98. The Kier molecular flexibility index (Phi) is 5.48. The number of rotatable bonds is 6. The Hall–Kier alpha value is -2.21. The minimum atomic E-state index is -0.0341. The van der Waals surface area contributed by atoms with Crippen LogP contribution in [0.5, 0.6) is 17.2 Å². The van der Waals surface area contributed by atoms with E-state index < -0.39 is 0 Å². The molecule has 1 heterocycles. The number of carbonyl (C=O) groups is 1. The van der Waals surface area contributed by atoms with Crippen LogP contribution >= 0.6 is 11.3 Å². The summed E-state index contributed by atoms with van der Waals surface area (Å²) in [6, 6.07) is 5.74. The normalized spacial score (nSPS) is 13.1. The summed E-state index contributed by atoms with van der Waals surface area (Å²) < 4.78 is 16.0. The van der Waals surface area contributed by atoms with Crippen LogP contribution in [0.25, 0.3) is 0 Å². The van der Waals surface area contributed by atoms with E-state index in [0.717, 1.165) is 23.3 Å². The maximum Gasteiger partial charge on any atom is 0.261 e. The SMILES string of the molecule is COc1cc(CNC(=O)c2cc3c(s2)CCCC3)cc(OC)c1OC. The lowest BCUT2D eigenvalue weighted by Crippen LogP contribution is -2.21. The van der Waals surface area contributed by atoms with Gasteiger partial charge >= 0.3 is 0 Å². The Morgan fingerprint density at radius 2 is 1.72 bits per heavy atom. The fourth-order valence-corrected chi connectivity index (χ4v) is 4.28. The highest BCUT2D eigenvalue weighted by molar-refractivity contribution is 7.14. The number of fused-ring (bicyclic) bond motifs is 1. The van der Waals surface area contributed by atoms with Gasteiger partial charge in [-0.1, -0.05) is 0 Å². The molecule has 6 heteroatoms. The summed E-state index contributed by atoms with van der Waals surface area (Å²) >= 11 is 1.62. The smallest absolute Gasteiger partial charge is 0.261 e. The molecule has 1 aliphatic carbocycles. The predicted octanol–water partition coefficient (Wildman–Crippen LogP) is 3.58. The summed E-state index contributed by atoms with van der Waals surface area (Å²) in [5.41, 5.74) is 2.23. The number of methoxy groups -OCH3 is 3. The van der Waals surface area contributed by atoms with Gasteiger partial charge in [-0.25, -0.2) is 0 Å². The Labute approximate surface area is 151 Å². The molecule has 1 N–H and O–H groups in total. The maximum absolute atomic E-state index is 12.5. The van der Waals surface area contributed by atoms with Gasteiger partial charge in [-0.3, -0.25) is 4.79 Å². The third kappa shape index (κ3) is 3.74. The molecular formula is C19H23NO4S. The highest BCUT2D eigenvalue weighted by Gasteiger charge is 2.18. The monoisotopic (exact) mass is 361 g/mol. The molecule has 1 aliphatic rings. The van der Waals surface area contributed by atoms with Crippen LogP contribution in [-0.4, -0.2) is 27.2 Å². The number of hydrogen-bond donors (Lipinski definition) is 1. The molecule has 1 aromatic heterocycles. The lowest BCUT2D eigenvalue weighted by atomic mass is 9.99. The molecule has 0 saturated heterocycles. The van der Waals surface area contributed by atoms with Crippen LogP contribution in [-0.2, 0) is 19.4 Å². The first-order chi connectivity index (χ1) is 12.2. The second kappa shape index (κ2) is 7.78. The highest BCUT2D eigenvalue weighted by atomic mass is 32.1. The second-order valence-corrected chi connectivity index (χ2v) is 7.12. The summed E-state index contributed by atoms with van der Waals surface area (Å²) in [6.07, 6.45) is 4.63. The van der Waals surface area contributed by atoms with Gasteiger partial charge in [0, 0.05) is 11.4 Å². The zero-order valence-corrected chi connectivity index (χ0v) is 15.6. The van der Waals surface area contributed by atoms with E-state index in [0.29, 0.717) is 23.8 Å². The van der Waals surface area contributed by atoms with Gasteiger partial charge in [-0.2, -0.15) is 0 Å². The van der Waals surface area contributed by atoms with Crippen LogP contribution in [0.1, 0.15) is 38.5 Å². The topological polar surface area (TPSA) is 56.8 Å². The van der Waals surface area contributed by atoms with Crippen molar-refractivity contribution in [3.8, 4) is 17.2 Å². The fourth-order valence-electron chi connectivity index (χ4n) is 3.11. The molecule has 0 atom stereocenters. The van der Waals surface area contributed by atoms with E-state index in [2.05, 4.69) is 5.32 Å². The van der Waals surface area contributed by atoms with E-state index in [1.54, 1.807) is 32.7 Å². The van der Waals surface area contributed by atoms with Crippen LogP contribution in [0.3, 0.4) is 0 Å². The van der Waals surface area contributed by atoms with E-state index in [1.807, 2.05) is 18.2 Å². The van der Waals surface area contributed by atoms with Crippen molar-refractivity contribution >= 4 is 17.2 Å². The van der Waals surface area contributed by atoms with Gasteiger partial charge < -0.3 is 19.5 Å². The molecule has 0 aliphatic heterocycles. The first-order valence-corrected chi connectivity index (χ1v) is 9.16. The number of carbonyl (C=O) groups excluding carboxylic acids is 1. The Bertz CT molecular complexity index is 720. The first-order valence-electron chi connectivity index (χ1n) is 8.35. The van der Waals surface area contributed by atoms with Crippen molar-refractivity contribution in [2.24, 2.45) is 0 Å². The molecule has 0 radical (unpaired) electrons. The third-order valence-electron chi connectivity index (χ3n) is 4.40. The van der Waals surface area contributed by atoms with Gasteiger partial charge in [0.25, 0.3) is 5.91 Å². The van der Waals surface area contributed by atoms with Gasteiger partial charge in [0.2, 0.25) is 5.75 Å². The number of ether oxygens (including phenoxy) is 3. The average molecular weight is 361 g/mol. The number of benzene rings is 1. The summed E-state index contributed by atoms with van der Waals surface area (Å²) in [7, 11) is 4.73. The zero-order valence-electron chi connectivity index (χ0n) is 14.8. The van der Waals surface area contributed by atoms with Crippen molar-refractivity contribution in [2.45, 2.75) is 32.2 Å². The van der Waals surface area contributed by atoms with Crippen molar-refractivity contribution in [1.82, 2.24) is 5.32 Å². The summed E-state index contributed by atoms with van der Waals surface area (Å²) in [5, 5.41) is 2.98. The number of hydrogen-bond acceptors (Lipinski definition) is 5. The molecule has 2 aromatic rings. The van der Waals surface area contributed by atoms with E-state index >= 15 is 0 Å². The molecular weight excluding hydrogens is 338 g/mol. The molecule has 5 nitrogen and oxygen atoms in total. The number of amides is 1. The first kappa shape index (κ1) is 17.6. The van der Waals surface area contributed by atoms with E-state index in [-0.39, 0.29) is 5.91 Å². The molecule has 25 heavy (non-hydrogen) atoms. The lowest BCUT2D eigenvalue weighted by molar-refractivity contribution is 0.0955. The molecule has 0 saturated carbocycles. The largest absolute Gasteiger partial charge is 0.493 e. The van der Waals surface area contributed by atoms with Gasteiger partial charge in [0.05, 0.1) is 26.2 Å². The predicted molar refractivity (Wildman–Crippen MR) is 98.2 cm³/mol. The maximum atomic E-state index is 12.5. The molecule has 0 spiro atoms. The van der Waals surface area contributed by atoms with Crippen molar-refractivity contribution in [2.75, 3.05) is 21.3 Å². The Morgan fingerprint density at radius 3 is 2.32 bits per heavy atom. The van der Waals surface area contributed by atoms with Crippen molar-refractivity contribution in [1.29, 1.82) is 0 Å².